The minimum Gasteiger partial charge on any atom is -0.479 e. The Kier molecular flexibility index (Phi) is 3.89. The smallest absolute Gasteiger partial charge is 0.337 e. The van der Waals surface area contributed by atoms with Crippen LogP contribution in [0, 0.1) is 0 Å². The molecule has 1 aromatic rings. The number of hydrogen-bond acceptors (Lipinski definition) is 5. The zero-order valence-corrected chi connectivity index (χ0v) is 9.59. The van der Waals surface area contributed by atoms with Crippen LogP contribution in [0.15, 0.2) is 29.2 Å². The van der Waals surface area contributed by atoms with Gasteiger partial charge in [0.1, 0.15) is 4.90 Å². The number of carboxylic acid groups (broad SMARTS) is 2. The van der Waals surface area contributed by atoms with Gasteiger partial charge in [0.2, 0.25) is 6.04 Å². The second-order valence-corrected chi connectivity index (χ2v) is 4.62. The summed E-state index contributed by atoms with van der Waals surface area (Å²) in [6.45, 7) is 0. The Balaban J connectivity index is 3.19. The number of hydrogen-bond donors (Lipinski definition) is 4. The normalized spacial score (nSPS) is 11.2. The molecule has 0 heterocycles. The third kappa shape index (κ3) is 3.18. The van der Waals surface area contributed by atoms with Gasteiger partial charge < -0.3 is 15.5 Å². The van der Waals surface area contributed by atoms with Gasteiger partial charge in [-0.15, -0.1) is 0 Å². The van der Waals surface area contributed by atoms with Gasteiger partial charge in [-0.1, -0.05) is 12.1 Å². The standard InChI is InChI=1S/C9H9NO7S/c11-8(12)7(9(13)14)10-5-3-1-2-4-6(5)18(15,16)17/h1-4,7,10H,(H,11,12)(H,13,14)(H,15,16,17). The van der Waals surface area contributed by atoms with Crippen molar-refractivity contribution in [2.75, 3.05) is 5.32 Å². The Morgan fingerprint density at radius 1 is 1.11 bits per heavy atom. The van der Waals surface area contributed by atoms with Crippen LogP contribution in [0.5, 0.6) is 0 Å². The topological polar surface area (TPSA) is 141 Å². The van der Waals surface area contributed by atoms with E-state index >= 15 is 0 Å². The molecular formula is C9H9NO7S. The fourth-order valence-corrected chi connectivity index (χ4v) is 1.85. The summed E-state index contributed by atoms with van der Waals surface area (Å²) in [5, 5.41) is 19.3. The van der Waals surface area contributed by atoms with E-state index in [1.54, 1.807) is 0 Å². The average Bonchev–Trinajstić information content (AvgIpc) is 2.24. The van der Waals surface area contributed by atoms with Gasteiger partial charge in [-0.25, -0.2) is 9.59 Å². The van der Waals surface area contributed by atoms with Crippen LogP contribution in [-0.2, 0) is 19.7 Å². The number of nitrogens with one attached hydrogen (secondary N) is 1. The van der Waals surface area contributed by atoms with E-state index in [4.69, 9.17) is 14.8 Å². The first-order valence-electron chi connectivity index (χ1n) is 4.52. The van der Waals surface area contributed by atoms with Crippen LogP contribution in [0.4, 0.5) is 5.69 Å². The molecule has 0 aliphatic rings. The van der Waals surface area contributed by atoms with E-state index in [-0.39, 0.29) is 5.69 Å². The molecule has 0 aromatic heterocycles. The number of carbonyl (C=O) groups is 2. The van der Waals surface area contributed by atoms with Gasteiger partial charge in [0.05, 0.1) is 5.69 Å². The molecule has 1 rings (SSSR count). The lowest BCUT2D eigenvalue weighted by molar-refractivity contribution is -0.148. The fourth-order valence-electron chi connectivity index (χ4n) is 1.20. The van der Waals surface area contributed by atoms with Gasteiger partial charge in [0.25, 0.3) is 10.1 Å². The number of para-hydroxylation sites is 1. The minimum absolute atomic E-state index is 0.310. The van der Waals surface area contributed by atoms with Crippen molar-refractivity contribution in [1.29, 1.82) is 0 Å². The molecule has 0 aliphatic carbocycles. The van der Waals surface area contributed by atoms with Gasteiger partial charge in [-0.2, -0.15) is 8.42 Å². The lowest BCUT2D eigenvalue weighted by Crippen LogP contribution is -2.37. The predicted molar refractivity (Wildman–Crippen MR) is 58.9 cm³/mol. The van der Waals surface area contributed by atoms with Crippen molar-refractivity contribution >= 4 is 27.7 Å². The molecule has 0 aliphatic heterocycles. The SMILES string of the molecule is O=C(O)C(Nc1ccccc1S(=O)(=O)O)C(=O)O. The first kappa shape index (κ1) is 13.9. The average molecular weight is 275 g/mol. The maximum Gasteiger partial charge on any atom is 0.337 e. The number of carboxylic acids is 2. The molecule has 0 fully saturated rings. The maximum atomic E-state index is 11.0. The Bertz CT molecular complexity index is 566. The molecule has 0 saturated heterocycles. The molecule has 9 heteroatoms. The monoisotopic (exact) mass is 275 g/mol. The molecule has 0 radical (unpaired) electrons. The van der Waals surface area contributed by atoms with Crippen LogP contribution in [-0.4, -0.2) is 41.2 Å². The van der Waals surface area contributed by atoms with Crippen LogP contribution >= 0.6 is 0 Å². The molecular weight excluding hydrogens is 266 g/mol. The van der Waals surface area contributed by atoms with E-state index in [1.165, 1.54) is 12.1 Å². The molecule has 98 valence electrons. The van der Waals surface area contributed by atoms with Crippen molar-refractivity contribution in [3.8, 4) is 0 Å². The Hall–Kier alpha value is -2.13. The first-order valence-corrected chi connectivity index (χ1v) is 5.96. The zero-order chi connectivity index (χ0) is 13.9. The van der Waals surface area contributed by atoms with Crippen molar-refractivity contribution in [1.82, 2.24) is 0 Å². The van der Waals surface area contributed by atoms with Gasteiger partial charge in [0.15, 0.2) is 0 Å². The summed E-state index contributed by atoms with van der Waals surface area (Å²) < 4.78 is 30.9. The van der Waals surface area contributed by atoms with Gasteiger partial charge in [0, 0.05) is 0 Å². The van der Waals surface area contributed by atoms with E-state index in [9.17, 15) is 18.0 Å². The van der Waals surface area contributed by atoms with E-state index in [1.807, 2.05) is 5.32 Å². The zero-order valence-electron chi connectivity index (χ0n) is 8.77. The van der Waals surface area contributed by atoms with Crippen LogP contribution in [0.2, 0.25) is 0 Å². The summed E-state index contributed by atoms with van der Waals surface area (Å²) in [6.07, 6.45) is 0. The summed E-state index contributed by atoms with van der Waals surface area (Å²) >= 11 is 0. The molecule has 1 aromatic carbocycles. The summed E-state index contributed by atoms with van der Waals surface area (Å²) in [5.41, 5.74) is -0.310. The van der Waals surface area contributed by atoms with Crippen LogP contribution in [0.1, 0.15) is 0 Å². The number of rotatable bonds is 5. The molecule has 0 unspecified atom stereocenters. The third-order valence-electron chi connectivity index (χ3n) is 1.96. The highest BCUT2D eigenvalue weighted by molar-refractivity contribution is 7.86. The van der Waals surface area contributed by atoms with E-state index in [2.05, 4.69) is 0 Å². The Morgan fingerprint density at radius 3 is 2.06 bits per heavy atom. The quantitative estimate of drug-likeness (QED) is 0.430. The summed E-state index contributed by atoms with van der Waals surface area (Å²) in [5.74, 6) is -3.37. The summed E-state index contributed by atoms with van der Waals surface area (Å²) in [4.78, 5) is 20.7. The highest BCUT2D eigenvalue weighted by Gasteiger charge is 2.27. The first-order chi connectivity index (χ1) is 8.23. The van der Waals surface area contributed by atoms with E-state index in [0.717, 1.165) is 12.1 Å². The lowest BCUT2D eigenvalue weighted by Gasteiger charge is -2.13. The van der Waals surface area contributed by atoms with Crippen molar-refractivity contribution < 1.29 is 32.8 Å². The van der Waals surface area contributed by atoms with Crippen molar-refractivity contribution in [2.45, 2.75) is 10.9 Å². The van der Waals surface area contributed by atoms with Crippen LogP contribution < -0.4 is 5.32 Å². The maximum absolute atomic E-state index is 11.0. The van der Waals surface area contributed by atoms with E-state index in [0.29, 0.717) is 0 Å². The van der Waals surface area contributed by atoms with Crippen LogP contribution in [0.25, 0.3) is 0 Å². The second kappa shape index (κ2) is 5.02. The third-order valence-corrected chi connectivity index (χ3v) is 2.87. The molecule has 8 nitrogen and oxygen atoms in total. The highest BCUT2D eigenvalue weighted by atomic mass is 32.2. The molecule has 0 saturated carbocycles. The molecule has 18 heavy (non-hydrogen) atoms. The van der Waals surface area contributed by atoms with E-state index < -0.39 is 33.0 Å². The number of anilines is 1. The molecule has 0 amide bonds. The van der Waals surface area contributed by atoms with Gasteiger partial charge in [-0.05, 0) is 12.1 Å². The lowest BCUT2D eigenvalue weighted by atomic mass is 10.2. The Morgan fingerprint density at radius 2 is 1.61 bits per heavy atom. The van der Waals surface area contributed by atoms with Crippen LogP contribution in [0.3, 0.4) is 0 Å². The Labute approximate surface area is 102 Å². The van der Waals surface area contributed by atoms with Gasteiger partial charge >= 0.3 is 11.9 Å². The number of aliphatic carboxylic acids is 2. The van der Waals surface area contributed by atoms with Crippen molar-refractivity contribution in [2.24, 2.45) is 0 Å². The minimum atomic E-state index is -4.58. The number of benzene rings is 1. The second-order valence-electron chi connectivity index (χ2n) is 3.23. The summed E-state index contributed by atoms with van der Waals surface area (Å²) in [6, 6.07) is 2.79. The molecule has 0 atom stereocenters. The summed E-state index contributed by atoms with van der Waals surface area (Å²) in [7, 11) is -4.58. The predicted octanol–water partition coefficient (Wildman–Crippen LogP) is -0.117. The highest BCUT2D eigenvalue weighted by Crippen LogP contribution is 2.21. The van der Waals surface area contributed by atoms with Gasteiger partial charge in [-0.3, -0.25) is 4.55 Å². The molecule has 4 N–H and O–H groups in total. The van der Waals surface area contributed by atoms with Crippen molar-refractivity contribution in [3.63, 3.8) is 0 Å². The molecule has 0 bridgehead atoms. The molecule has 0 spiro atoms. The van der Waals surface area contributed by atoms with Crippen molar-refractivity contribution in [3.05, 3.63) is 24.3 Å². The largest absolute Gasteiger partial charge is 0.479 e. The fraction of sp³-hybridized carbons (Fsp3) is 0.111.